The van der Waals surface area contributed by atoms with Gasteiger partial charge in [0.2, 0.25) is 5.88 Å². The summed E-state index contributed by atoms with van der Waals surface area (Å²) in [5, 5.41) is 9.86. The van der Waals surface area contributed by atoms with E-state index < -0.39 is 18.1 Å². The van der Waals surface area contributed by atoms with Crippen LogP contribution in [-0.2, 0) is 17.9 Å². The number of carbonyl (C=O) groups excluding carboxylic acids is 1. The van der Waals surface area contributed by atoms with Crippen LogP contribution in [0.5, 0.6) is 17.4 Å². The molecule has 0 atom stereocenters. The number of hydrogen-bond donors (Lipinski definition) is 2. The molecular weight excluding hydrogens is 501 g/mol. The number of urea groups is 1. The van der Waals surface area contributed by atoms with E-state index in [0.717, 1.165) is 0 Å². The van der Waals surface area contributed by atoms with Gasteiger partial charge in [-0.05, 0) is 48.9 Å². The number of nitrogens with zero attached hydrogens (tertiary/aromatic N) is 2. The van der Waals surface area contributed by atoms with Gasteiger partial charge in [0.15, 0.2) is 0 Å². The second kappa shape index (κ2) is 11.7. The van der Waals surface area contributed by atoms with Gasteiger partial charge in [0, 0.05) is 19.2 Å². The van der Waals surface area contributed by atoms with Crippen LogP contribution in [-0.4, -0.2) is 29.3 Å². The van der Waals surface area contributed by atoms with E-state index >= 15 is 0 Å². The van der Waals surface area contributed by atoms with Crippen molar-refractivity contribution in [2.75, 3.05) is 12.4 Å². The maximum absolute atomic E-state index is 12.9. The lowest BCUT2D eigenvalue weighted by Crippen LogP contribution is -2.30. The minimum Gasteiger partial charge on any atom is -0.437 e. The molecule has 8 nitrogen and oxygen atoms in total. The monoisotopic (exact) mass is 526 g/mol. The fourth-order valence-electron chi connectivity index (χ4n) is 3.65. The third-order valence-electron chi connectivity index (χ3n) is 5.37. The maximum atomic E-state index is 12.9. The van der Waals surface area contributed by atoms with E-state index in [4.69, 9.17) is 9.47 Å². The number of aromatic nitrogens is 2. The number of nitrogens with one attached hydrogen (secondary N) is 2. The van der Waals surface area contributed by atoms with Crippen LogP contribution in [0.2, 0.25) is 0 Å². The predicted octanol–water partition coefficient (Wildman–Crippen LogP) is 6.34. The zero-order valence-electron chi connectivity index (χ0n) is 20.6. The molecule has 0 saturated heterocycles. The largest absolute Gasteiger partial charge is 0.573 e. The van der Waals surface area contributed by atoms with Gasteiger partial charge < -0.3 is 19.5 Å². The average molecular weight is 527 g/mol. The first-order valence-corrected chi connectivity index (χ1v) is 11.5. The van der Waals surface area contributed by atoms with E-state index in [-0.39, 0.29) is 24.6 Å². The van der Waals surface area contributed by atoms with E-state index in [9.17, 15) is 18.0 Å². The van der Waals surface area contributed by atoms with Gasteiger partial charge in [0.1, 0.15) is 17.3 Å². The second-order valence-corrected chi connectivity index (χ2v) is 8.17. The third kappa shape index (κ3) is 6.83. The van der Waals surface area contributed by atoms with Crippen molar-refractivity contribution in [1.29, 1.82) is 0 Å². The molecule has 0 aliphatic heterocycles. The quantitative estimate of drug-likeness (QED) is 0.266. The molecule has 0 bridgehead atoms. The van der Waals surface area contributed by atoms with Crippen LogP contribution in [0.3, 0.4) is 0 Å². The maximum Gasteiger partial charge on any atom is 0.573 e. The number of anilines is 1. The van der Waals surface area contributed by atoms with Gasteiger partial charge in [0.05, 0.1) is 17.9 Å². The molecule has 0 fully saturated rings. The van der Waals surface area contributed by atoms with Crippen molar-refractivity contribution in [1.82, 2.24) is 15.1 Å². The predicted molar refractivity (Wildman–Crippen MR) is 135 cm³/mol. The highest BCUT2D eigenvalue weighted by molar-refractivity contribution is 5.89. The molecule has 2 amide bonds. The topological polar surface area (TPSA) is 86.6 Å². The van der Waals surface area contributed by atoms with Crippen molar-refractivity contribution < 1.29 is 32.2 Å². The van der Waals surface area contributed by atoms with Crippen LogP contribution in [0.15, 0.2) is 78.9 Å². The number of carbonyl (C=O) groups is 1. The lowest BCUT2D eigenvalue weighted by atomic mass is 10.1. The van der Waals surface area contributed by atoms with E-state index in [1.54, 1.807) is 19.1 Å². The van der Waals surface area contributed by atoms with Crippen LogP contribution in [0.25, 0.3) is 5.69 Å². The number of para-hydroxylation sites is 2. The summed E-state index contributed by atoms with van der Waals surface area (Å²) in [4.78, 5) is 12.9. The summed E-state index contributed by atoms with van der Waals surface area (Å²) in [7, 11) is 1.47. The molecule has 3 aromatic carbocycles. The van der Waals surface area contributed by atoms with Gasteiger partial charge in [-0.3, -0.25) is 5.32 Å². The fourth-order valence-corrected chi connectivity index (χ4v) is 3.65. The highest BCUT2D eigenvalue weighted by atomic mass is 19.4. The second-order valence-electron chi connectivity index (χ2n) is 8.17. The molecule has 2 N–H and O–H groups in total. The van der Waals surface area contributed by atoms with Crippen molar-refractivity contribution in [2.45, 2.75) is 26.4 Å². The van der Waals surface area contributed by atoms with Crippen molar-refractivity contribution >= 4 is 11.8 Å². The Hall–Kier alpha value is -4.51. The highest BCUT2D eigenvalue weighted by Gasteiger charge is 2.32. The Labute approximate surface area is 216 Å². The van der Waals surface area contributed by atoms with Gasteiger partial charge in [-0.15, -0.1) is 18.3 Å². The van der Waals surface area contributed by atoms with Gasteiger partial charge >= 0.3 is 12.4 Å². The summed E-state index contributed by atoms with van der Waals surface area (Å²) in [5.41, 5.74) is 1.98. The van der Waals surface area contributed by atoms with E-state index in [1.807, 2.05) is 48.5 Å². The summed E-state index contributed by atoms with van der Waals surface area (Å²) in [6.07, 6.45) is -4.88. The lowest BCUT2D eigenvalue weighted by Gasteiger charge is -2.16. The normalized spacial score (nSPS) is 11.2. The third-order valence-corrected chi connectivity index (χ3v) is 5.37. The standard InChI is InChI=1S/C27H25F3N4O4/c1-18-24(34(21-9-5-3-6-10-21)33-25(18)37-22-11-7-4-8-12-22)32-26(35)31-16-20-15-19(17-36-2)13-14-23(20)38-27(28,29)30/h3-15H,16-17H2,1-2H3,(H2,31,32,35). The summed E-state index contributed by atoms with van der Waals surface area (Å²) < 4.78 is 55.3. The van der Waals surface area contributed by atoms with Gasteiger partial charge in [0.25, 0.3) is 0 Å². The number of ether oxygens (including phenoxy) is 3. The van der Waals surface area contributed by atoms with Gasteiger partial charge in [-0.2, -0.15) is 0 Å². The Balaban J connectivity index is 1.57. The zero-order valence-corrected chi connectivity index (χ0v) is 20.6. The lowest BCUT2D eigenvalue weighted by molar-refractivity contribution is -0.274. The number of alkyl halides is 3. The molecule has 4 rings (SSSR count). The number of rotatable bonds is 9. The summed E-state index contributed by atoms with van der Waals surface area (Å²) in [6, 6.07) is 21.6. The molecule has 4 aromatic rings. The number of amides is 2. The minimum absolute atomic E-state index is 0.133. The van der Waals surface area contributed by atoms with E-state index in [2.05, 4.69) is 20.5 Å². The van der Waals surface area contributed by atoms with Crippen LogP contribution in [0.4, 0.5) is 23.8 Å². The SMILES string of the molecule is COCc1ccc(OC(F)(F)F)c(CNC(=O)Nc2c(C)c(Oc3ccccc3)nn2-c2ccccc2)c1. The molecule has 0 spiro atoms. The molecule has 0 aliphatic carbocycles. The van der Waals surface area contributed by atoms with E-state index in [0.29, 0.717) is 28.4 Å². The number of benzene rings is 3. The molecule has 198 valence electrons. The number of hydrogen-bond acceptors (Lipinski definition) is 5. The molecular formula is C27H25F3N4O4. The van der Waals surface area contributed by atoms with Crippen LogP contribution >= 0.6 is 0 Å². The van der Waals surface area contributed by atoms with Crippen molar-refractivity contribution in [2.24, 2.45) is 0 Å². The highest BCUT2D eigenvalue weighted by Crippen LogP contribution is 2.32. The molecule has 0 radical (unpaired) electrons. The Kier molecular flexibility index (Phi) is 8.17. The van der Waals surface area contributed by atoms with Crippen LogP contribution in [0.1, 0.15) is 16.7 Å². The Morgan fingerprint density at radius 1 is 1.00 bits per heavy atom. The summed E-state index contributed by atoms with van der Waals surface area (Å²) in [5.74, 6) is 0.766. The van der Waals surface area contributed by atoms with Crippen LogP contribution < -0.4 is 20.1 Å². The number of halogens is 3. The Morgan fingerprint density at radius 3 is 2.34 bits per heavy atom. The molecule has 0 unspecified atom stereocenters. The summed E-state index contributed by atoms with van der Waals surface area (Å²) >= 11 is 0. The van der Waals surface area contributed by atoms with Crippen molar-refractivity contribution in [3.05, 3.63) is 95.6 Å². The summed E-state index contributed by atoms with van der Waals surface area (Å²) in [6.45, 7) is 1.69. The van der Waals surface area contributed by atoms with Crippen molar-refractivity contribution in [3.8, 4) is 23.1 Å². The minimum atomic E-state index is -4.88. The van der Waals surface area contributed by atoms with E-state index in [1.165, 1.54) is 30.0 Å². The zero-order chi connectivity index (χ0) is 27.1. The first-order valence-electron chi connectivity index (χ1n) is 11.5. The molecule has 1 heterocycles. The van der Waals surface area contributed by atoms with Crippen LogP contribution in [0, 0.1) is 6.92 Å². The van der Waals surface area contributed by atoms with Gasteiger partial charge in [-0.25, -0.2) is 9.48 Å². The Morgan fingerprint density at radius 2 is 1.68 bits per heavy atom. The fraction of sp³-hybridized carbons (Fsp3) is 0.185. The molecule has 1 aromatic heterocycles. The molecule has 0 saturated carbocycles. The van der Waals surface area contributed by atoms with Crippen molar-refractivity contribution in [3.63, 3.8) is 0 Å². The molecule has 0 aliphatic rings. The average Bonchev–Trinajstić information content (AvgIpc) is 3.19. The number of methoxy groups -OCH3 is 1. The first-order chi connectivity index (χ1) is 18.2. The molecule has 38 heavy (non-hydrogen) atoms. The smallest absolute Gasteiger partial charge is 0.437 e. The molecule has 11 heteroatoms. The first kappa shape index (κ1) is 26.6. The Bertz CT molecular complexity index is 1380. The van der Waals surface area contributed by atoms with Gasteiger partial charge in [-0.1, -0.05) is 42.5 Å².